The summed E-state index contributed by atoms with van der Waals surface area (Å²) in [4.78, 5) is 0. The number of hydrogen-bond acceptors (Lipinski definition) is 1. The molecular weight excluding hydrogens is 494 g/mol. The number of hydrogen-bond donors (Lipinski definition) is 1. The molecule has 0 aliphatic heterocycles. The van der Waals surface area contributed by atoms with Crippen molar-refractivity contribution in [2.75, 3.05) is 0 Å². The third-order valence-electron chi connectivity index (χ3n) is 8.48. The minimum Gasteiger partial charge on any atom is -0.300 e. The molecule has 6 aromatic rings. The molecule has 1 aliphatic rings. The Morgan fingerprint density at radius 1 is 0.439 bits per heavy atom. The van der Waals surface area contributed by atoms with Gasteiger partial charge in [0.05, 0.1) is 5.71 Å². The van der Waals surface area contributed by atoms with E-state index in [0.717, 1.165) is 33.4 Å². The zero-order chi connectivity index (χ0) is 28.0. The fraction of sp³-hybridized carbons (Fsp3) is 0.0750. The molecule has 0 radical (unpaired) electrons. The maximum atomic E-state index is 9.41. The Kier molecular flexibility index (Phi) is 6.02. The highest BCUT2D eigenvalue weighted by atomic mass is 14.4. The number of benzene rings is 6. The van der Waals surface area contributed by atoms with Crippen molar-refractivity contribution in [1.82, 2.24) is 0 Å². The van der Waals surface area contributed by atoms with Crippen molar-refractivity contribution in [2.45, 2.75) is 19.3 Å². The second-order valence-corrected chi connectivity index (χ2v) is 11.4. The molecule has 1 nitrogen and oxygen atoms in total. The smallest absolute Gasteiger partial charge is 0.0685 e. The van der Waals surface area contributed by atoms with Crippen molar-refractivity contribution in [1.29, 1.82) is 5.41 Å². The fourth-order valence-electron chi connectivity index (χ4n) is 6.44. The molecule has 7 rings (SSSR count). The molecule has 1 N–H and O–H groups in total. The Morgan fingerprint density at radius 2 is 0.976 bits per heavy atom. The number of fused-ring (bicyclic) bond motifs is 3. The summed E-state index contributed by atoms with van der Waals surface area (Å²) < 4.78 is 0. The van der Waals surface area contributed by atoms with Crippen LogP contribution in [-0.2, 0) is 5.41 Å². The summed E-state index contributed by atoms with van der Waals surface area (Å²) in [6.45, 7) is 4.65. The van der Waals surface area contributed by atoms with E-state index in [0.29, 0.717) is 5.71 Å². The van der Waals surface area contributed by atoms with Gasteiger partial charge in [-0.05, 0) is 79.9 Å². The molecule has 41 heavy (non-hydrogen) atoms. The van der Waals surface area contributed by atoms with Crippen molar-refractivity contribution in [3.63, 3.8) is 0 Å². The van der Waals surface area contributed by atoms with Gasteiger partial charge < -0.3 is 0 Å². The lowest BCUT2D eigenvalue weighted by molar-refractivity contribution is 0.662. The van der Waals surface area contributed by atoms with Gasteiger partial charge in [0.25, 0.3) is 0 Å². The van der Waals surface area contributed by atoms with E-state index in [9.17, 15) is 5.41 Å². The van der Waals surface area contributed by atoms with Crippen molar-refractivity contribution in [3.8, 4) is 44.5 Å². The molecule has 196 valence electrons. The molecule has 0 heterocycles. The minimum atomic E-state index is -0.133. The van der Waals surface area contributed by atoms with Crippen LogP contribution >= 0.6 is 0 Å². The maximum Gasteiger partial charge on any atom is 0.0685 e. The van der Waals surface area contributed by atoms with E-state index in [2.05, 4.69) is 147 Å². The molecule has 0 unspecified atom stereocenters. The minimum absolute atomic E-state index is 0.133. The van der Waals surface area contributed by atoms with Crippen LogP contribution in [0.5, 0.6) is 0 Å². The van der Waals surface area contributed by atoms with E-state index >= 15 is 0 Å². The molecule has 1 heteroatoms. The molecule has 0 bridgehead atoms. The van der Waals surface area contributed by atoms with Crippen LogP contribution in [0.15, 0.2) is 146 Å². The predicted octanol–water partition coefficient (Wildman–Crippen LogP) is 10.4. The Labute approximate surface area is 242 Å². The molecule has 0 atom stereocenters. The summed E-state index contributed by atoms with van der Waals surface area (Å²) in [6, 6.07) is 51.4. The standard InChI is InChI=1S/C40H31N/c1-40(2)37-22-21-30(26-36(37)35-20-12-19-34(38(35)40)29-17-10-5-11-18-29)39(41)33-24-31(27-13-6-3-7-14-27)23-32(25-33)28-15-8-4-9-16-28/h3-26,41H,1-2H3. The average Bonchev–Trinajstić information content (AvgIpc) is 3.27. The number of nitrogens with one attached hydrogen (secondary N) is 1. The van der Waals surface area contributed by atoms with Gasteiger partial charge >= 0.3 is 0 Å². The van der Waals surface area contributed by atoms with Crippen molar-refractivity contribution >= 4 is 5.71 Å². The molecule has 0 spiro atoms. The quantitative estimate of drug-likeness (QED) is 0.217. The Bertz CT molecular complexity index is 1840. The van der Waals surface area contributed by atoms with E-state index in [-0.39, 0.29) is 5.41 Å². The lowest BCUT2D eigenvalue weighted by Gasteiger charge is -2.24. The van der Waals surface area contributed by atoms with E-state index < -0.39 is 0 Å². The van der Waals surface area contributed by atoms with E-state index in [1.165, 1.54) is 33.4 Å². The summed E-state index contributed by atoms with van der Waals surface area (Å²) in [7, 11) is 0. The Hall–Kier alpha value is -5.01. The topological polar surface area (TPSA) is 23.9 Å². The first-order chi connectivity index (χ1) is 20.0. The molecule has 0 fully saturated rings. The SMILES string of the molecule is CC1(C)c2ccc(C(=N)c3cc(-c4ccccc4)cc(-c4ccccc4)c3)cc2-c2cccc(-c3ccccc3)c21. The largest absolute Gasteiger partial charge is 0.300 e. The molecule has 0 aromatic heterocycles. The van der Waals surface area contributed by atoms with Crippen molar-refractivity contribution in [2.24, 2.45) is 0 Å². The maximum absolute atomic E-state index is 9.41. The van der Waals surface area contributed by atoms with Gasteiger partial charge in [0.1, 0.15) is 0 Å². The van der Waals surface area contributed by atoms with Crippen LogP contribution in [0.1, 0.15) is 36.1 Å². The van der Waals surface area contributed by atoms with Crippen LogP contribution in [0.3, 0.4) is 0 Å². The first kappa shape index (κ1) is 25.0. The monoisotopic (exact) mass is 525 g/mol. The van der Waals surface area contributed by atoms with Crippen molar-refractivity contribution < 1.29 is 0 Å². The highest BCUT2D eigenvalue weighted by Crippen LogP contribution is 2.52. The van der Waals surface area contributed by atoms with Gasteiger partial charge in [0.2, 0.25) is 0 Å². The molecule has 0 saturated carbocycles. The molecular formula is C40H31N. The highest BCUT2D eigenvalue weighted by Gasteiger charge is 2.37. The van der Waals surface area contributed by atoms with E-state index in [4.69, 9.17) is 0 Å². The third kappa shape index (κ3) is 4.31. The Morgan fingerprint density at radius 3 is 1.56 bits per heavy atom. The summed E-state index contributed by atoms with van der Waals surface area (Å²) in [6.07, 6.45) is 0. The van der Waals surface area contributed by atoms with E-state index in [1.54, 1.807) is 0 Å². The van der Waals surface area contributed by atoms with Crippen LogP contribution < -0.4 is 0 Å². The summed E-state index contributed by atoms with van der Waals surface area (Å²) in [5.74, 6) is 0. The fourth-order valence-corrected chi connectivity index (χ4v) is 6.44. The summed E-state index contributed by atoms with van der Waals surface area (Å²) >= 11 is 0. The zero-order valence-electron chi connectivity index (χ0n) is 23.4. The van der Waals surface area contributed by atoms with Crippen LogP contribution in [0.4, 0.5) is 0 Å². The van der Waals surface area contributed by atoms with Crippen LogP contribution in [-0.4, -0.2) is 5.71 Å². The highest BCUT2D eigenvalue weighted by molar-refractivity contribution is 6.13. The van der Waals surface area contributed by atoms with Gasteiger partial charge in [0, 0.05) is 16.5 Å². The predicted molar refractivity (Wildman–Crippen MR) is 173 cm³/mol. The lowest BCUT2D eigenvalue weighted by Crippen LogP contribution is -2.16. The van der Waals surface area contributed by atoms with Gasteiger partial charge in [-0.2, -0.15) is 0 Å². The van der Waals surface area contributed by atoms with Gasteiger partial charge in [-0.1, -0.05) is 135 Å². The van der Waals surface area contributed by atoms with E-state index in [1.807, 2.05) is 12.1 Å². The van der Waals surface area contributed by atoms with Gasteiger partial charge in [-0.25, -0.2) is 0 Å². The van der Waals surface area contributed by atoms with Gasteiger partial charge in [0.15, 0.2) is 0 Å². The van der Waals surface area contributed by atoms with Crippen LogP contribution in [0.2, 0.25) is 0 Å². The van der Waals surface area contributed by atoms with Gasteiger partial charge in [-0.15, -0.1) is 0 Å². The van der Waals surface area contributed by atoms with Gasteiger partial charge in [-0.3, -0.25) is 5.41 Å². The molecule has 1 aliphatic carbocycles. The zero-order valence-corrected chi connectivity index (χ0v) is 23.4. The normalized spacial score (nSPS) is 12.9. The second-order valence-electron chi connectivity index (χ2n) is 11.4. The lowest BCUT2D eigenvalue weighted by atomic mass is 9.78. The summed E-state index contributed by atoms with van der Waals surface area (Å²) in [5.41, 5.74) is 14.5. The first-order valence-corrected chi connectivity index (χ1v) is 14.2. The third-order valence-corrected chi connectivity index (χ3v) is 8.48. The van der Waals surface area contributed by atoms with Crippen LogP contribution in [0, 0.1) is 5.41 Å². The Balaban J connectivity index is 1.35. The molecule has 0 amide bonds. The van der Waals surface area contributed by atoms with Crippen LogP contribution in [0.25, 0.3) is 44.5 Å². The summed E-state index contributed by atoms with van der Waals surface area (Å²) in [5, 5.41) is 9.41. The molecule has 0 saturated heterocycles. The number of rotatable bonds is 5. The average molecular weight is 526 g/mol. The van der Waals surface area contributed by atoms with Crippen molar-refractivity contribution in [3.05, 3.63) is 168 Å². The molecule has 6 aromatic carbocycles. The first-order valence-electron chi connectivity index (χ1n) is 14.2. The second kappa shape index (κ2) is 9.87.